The Morgan fingerprint density at radius 3 is 2.43 bits per heavy atom. The van der Waals surface area contributed by atoms with Crippen LogP contribution >= 0.6 is 0 Å². The predicted octanol–water partition coefficient (Wildman–Crippen LogP) is 3.12. The molecule has 0 bridgehead atoms. The summed E-state index contributed by atoms with van der Waals surface area (Å²) in [6.45, 7) is 1.95. The molecule has 4 nitrogen and oxygen atoms in total. The summed E-state index contributed by atoms with van der Waals surface area (Å²) in [5.41, 5.74) is 3.08. The topological polar surface area (TPSA) is 47.6 Å². The van der Waals surface area contributed by atoms with Crippen molar-refractivity contribution >= 4 is 5.78 Å². The molecule has 4 rings (SSSR count). The molecule has 2 unspecified atom stereocenters. The van der Waals surface area contributed by atoms with Gasteiger partial charge in [0.05, 0.1) is 5.54 Å². The second-order valence-corrected chi connectivity index (χ2v) is 6.22. The minimum atomic E-state index is -0.361. The second kappa shape index (κ2) is 5.10. The molecule has 1 aliphatic carbocycles. The number of ether oxygens (including phenoxy) is 2. The molecule has 2 aromatic carbocycles. The quantitative estimate of drug-likeness (QED) is 0.942. The van der Waals surface area contributed by atoms with Gasteiger partial charge in [0.2, 0.25) is 6.79 Å². The van der Waals surface area contributed by atoms with E-state index in [-0.39, 0.29) is 24.0 Å². The average molecular weight is 309 g/mol. The van der Waals surface area contributed by atoms with E-state index in [1.54, 1.807) is 6.92 Å². The Morgan fingerprint density at radius 1 is 1.09 bits per heavy atom. The summed E-state index contributed by atoms with van der Waals surface area (Å²) >= 11 is 0. The Kier molecular flexibility index (Phi) is 3.16. The summed E-state index contributed by atoms with van der Waals surface area (Å²) in [6.07, 6.45) is 0.877. The fourth-order valence-electron chi connectivity index (χ4n) is 3.49. The Labute approximate surface area is 135 Å². The summed E-state index contributed by atoms with van der Waals surface area (Å²) < 4.78 is 10.8. The van der Waals surface area contributed by atoms with Gasteiger partial charge in [-0.05, 0) is 49.2 Å². The summed E-state index contributed by atoms with van der Waals surface area (Å²) in [6, 6.07) is 14.4. The van der Waals surface area contributed by atoms with E-state index >= 15 is 0 Å². The van der Waals surface area contributed by atoms with E-state index in [2.05, 4.69) is 29.6 Å². The lowest BCUT2D eigenvalue weighted by Crippen LogP contribution is -2.36. The lowest BCUT2D eigenvalue weighted by Gasteiger charge is -2.13. The molecule has 4 heteroatoms. The average Bonchev–Trinajstić information content (AvgIpc) is 3.16. The molecule has 2 aromatic rings. The molecule has 118 valence electrons. The third-order valence-electron chi connectivity index (χ3n) is 5.05. The zero-order chi connectivity index (χ0) is 16.0. The van der Waals surface area contributed by atoms with Gasteiger partial charge in [-0.1, -0.05) is 30.3 Å². The van der Waals surface area contributed by atoms with Crippen molar-refractivity contribution in [3.63, 3.8) is 0 Å². The number of fused-ring (bicyclic) bond motifs is 1. The van der Waals surface area contributed by atoms with E-state index in [1.807, 2.05) is 25.2 Å². The highest BCUT2D eigenvalue weighted by Gasteiger charge is 2.57. The first kappa shape index (κ1) is 14.3. The number of nitrogens with one attached hydrogen (secondary N) is 1. The van der Waals surface area contributed by atoms with Crippen LogP contribution in [0.3, 0.4) is 0 Å². The van der Waals surface area contributed by atoms with Crippen molar-refractivity contribution in [2.45, 2.75) is 24.8 Å². The van der Waals surface area contributed by atoms with Gasteiger partial charge in [-0.15, -0.1) is 0 Å². The van der Waals surface area contributed by atoms with Crippen molar-refractivity contribution in [1.29, 1.82) is 0 Å². The SMILES string of the molecule is CNC1(C(C)=O)CC1c1ccc(-c2ccc3c(c2)OCO3)cc1. The lowest BCUT2D eigenvalue weighted by atomic mass is 9.99. The number of rotatable bonds is 4. The summed E-state index contributed by atoms with van der Waals surface area (Å²) in [4.78, 5) is 11.9. The van der Waals surface area contributed by atoms with Gasteiger partial charge in [0, 0.05) is 5.92 Å². The van der Waals surface area contributed by atoms with Crippen molar-refractivity contribution in [3.8, 4) is 22.6 Å². The van der Waals surface area contributed by atoms with Crippen LogP contribution in [0.25, 0.3) is 11.1 Å². The highest BCUT2D eigenvalue weighted by molar-refractivity contribution is 5.91. The van der Waals surface area contributed by atoms with Crippen molar-refractivity contribution in [3.05, 3.63) is 48.0 Å². The lowest BCUT2D eigenvalue weighted by molar-refractivity contribution is -0.119. The number of ketones is 1. The van der Waals surface area contributed by atoms with Gasteiger partial charge in [-0.2, -0.15) is 0 Å². The maximum Gasteiger partial charge on any atom is 0.231 e. The molecular formula is C19H19NO3. The molecule has 1 fully saturated rings. The number of likely N-dealkylation sites (N-methyl/N-ethyl adjacent to an activating group) is 1. The fourth-order valence-corrected chi connectivity index (χ4v) is 3.49. The van der Waals surface area contributed by atoms with E-state index in [4.69, 9.17) is 9.47 Å². The maximum atomic E-state index is 11.9. The largest absolute Gasteiger partial charge is 0.454 e. The summed E-state index contributed by atoms with van der Waals surface area (Å²) in [5.74, 6) is 2.07. The molecule has 1 heterocycles. The molecule has 0 amide bonds. The second-order valence-electron chi connectivity index (χ2n) is 6.22. The number of benzene rings is 2. The molecule has 1 saturated carbocycles. The van der Waals surface area contributed by atoms with Crippen molar-refractivity contribution in [2.24, 2.45) is 0 Å². The molecule has 0 aromatic heterocycles. The number of carbonyl (C=O) groups excluding carboxylic acids is 1. The predicted molar refractivity (Wildman–Crippen MR) is 87.8 cm³/mol. The van der Waals surface area contributed by atoms with Crippen LogP contribution < -0.4 is 14.8 Å². The number of hydrogen-bond donors (Lipinski definition) is 1. The molecule has 0 spiro atoms. The van der Waals surface area contributed by atoms with E-state index in [0.717, 1.165) is 29.0 Å². The Morgan fingerprint density at radius 2 is 1.78 bits per heavy atom. The zero-order valence-electron chi connectivity index (χ0n) is 13.3. The van der Waals surface area contributed by atoms with Crippen LogP contribution in [0.15, 0.2) is 42.5 Å². The molecule has 0 radical (unpaired) electrons. The number of carbonyl (C=O) groups is 1. The van der Waals surface area contributed by atoms with Gasteiger partial charge < -0.3 is 14.8 Å². The van der Waals surface area contributed by atoms with Crippen LogP contribution in [0.5, 0.6) is 11.5 Å². The monoisotopic (exact) mass is 309 g/mol. The molecule has 0 saturated heterocycles. The number of Topliss-reactive ketones (excluding diaryl/α,β-unsaturated/α-hetero) is 1. The molecule has 23 heavy (non-hydrogen) atoms. The Balaban J connectivity index is 1.59. The fraction of sp³-hybridized carbons (Fsp3) is 0.316. The van der Waals surface area contributed by atoms with Crippen molar-refractivity contribution in [2.75, 3.05) is 13.8 Å². The first-order valence-corrected chi connectivity index (χ1v) is 7.84. The molecule has 2 aliphatic rings. The highest BCUT2D eigenvalue weighted by Crippen LogP contribution is 2.52. The Bertz CT molecular complexity index is 769. The normalized spacial score (nSPS) is 24.5. The van der Waals surface area contributed by atoms with Crippen LogP contribution in [0.2, 0.25) is 0 Å². The van der Waals surface area contributed by atoms with Crippen LogP contribution in [0.4, 0.5) is 0 Å². The third kappa shape index (κ3) is 2.21. The third-order valence-corrected chi connectivity index (χ3v) is 5.05. The van der Waals surface area contributed by atoms with Crippen LogP contribution in [0, 0.1) is 0 Å². The van der Waals surface area contributed by atoms with Gasteiger partial charge in [0.1, 0.15) is 5.78 Å². The maximum absolute atomic E-state index is 11.9. The Hall–Kier alpha value is -2.33. The number of hydrogen-bond acceptors (Lipinski definition) is 4. The van der Waals surface area contributed by atoms with Crippen molar-refractivity contribution < 1.29 is 14.3 Å². The van der Waals surface area contributed by atoms with Crippen LogP contribution in [-0.2, 0) is 4.79 Å². The molecular weight excluding hydrogens is 290 g/mol. The van der Waals surface area contributed by atoms with Gasteiger partial charge in [-0.25, -0.2) is 0 Å². The van der Waals surface area contributed by atoms with Gasteiger partial charge in [-0.3, -0.25) is 4.79 Å². The summed E-state index contributed by atoms with van der Waals surface area (Å²) in [5, 5.41) is 3.20. The van der Waals surface area contributed by atoms with Gasteiger partial charge >= 0.3 is 0 Å². The van der Waals surface area contributed by atoms with Crippen LogP contribution in [0.1, 0.15) is 24.8 Å². The first-order chi connectivity index (χ1) is 11.1. The summed E-state index contributed by atoms with van der Waals surface area (Å²) in [7, 11) is 1.86. The molecule has 1 aliphatic heterocycles. The minimum Gasteiger partial charge on any atom is -0.454 e. The van der Waals surface area contributed by atoms with Gasteiger partial charge in [0.25, 0.3) is 0 Å². The zero-order valence-corrected chi connectivity index (χ0v) is 13.3. The van der Waals surface area contributed by atoms with E-state index < -0.39 is 0 Å². The van der Waals surface area contributed by atoms with Crippen molar-refractivity contribution in [1.82, 2.24) is 5.32 Å². The minimum absolute atomic E-state index is 0.213. The molecule has 2 atom stereocenters. The smallest absolute Gasteiger partial charge is 0.231 e. The van der Waals surface area contributed by atoms with Gasteiger partial charge in [0.15, 0.2) is 11.5 Å². The van der Waals surface area contributed by atoms with E-state index in [1.165, 1.54) is 5.56 Å². The van der Waals surface area contributed by atoms with Crippen LogP contribution in [-0.4, -0.2) is 25.2 Å². The standard InChI is InChI=1S/C19H19NO3/c1-12(21)19(20-2)10-16(19)14-5-3-13(4-6-14)15-7-8-17-18(9-15)23-11-22-17/h3-9,16,20H,10-11H2,1-2H3. The first-order valence-electron chi connectivity index (χ1n) is 7.84. The highest BCUT2D eigenvalue weighted by atomic mass is 16.7. The van der Waals surface area contributed by atoms with E-state index in [9.17, 15) is 4.79 Å². The molecule has 1 N–H and O–H groups in total. The van der Waals surface area contributed by atoms with E-state index in [0.29, 0.717) is 0 Å².